The first kappa shape index (κ1) is 19.9. The van der Waals surface area contributed by atoms with E-state index >= 15 is 0 Å². The van der Waals surface area contributed by atoms with Crippen molar-refractivity contribution in [2.75, 3.05) is 25.0 Å². The third-order valence-electron chi connectivity index (χ3n) is 4.63. The summed E-state index contributed by atoms with van der Waals surface area (Å²) in [5.74, 6) is -1.18. The zero-order valence-corrected chi connectivity index (χ0v) is 15.1. The van der Waals surface area contributed by atoms with Crippen LogP contribution in [0.1, 0.15) is 32.6 Å². The quantitative estimate of drug-likeness (QED) is 0.655. The minimum absolute atomic E-state index is 0.0118. The first-order chi connectivity index (χ1) is 12.5. The predicted octanol–water partition coefficient (Wildman–Crippen LogP) is 1.71. The standard InChI is InChI=1S/C19H27N3O4/c1-2-6-16(19(25)26)20-13-17(23)22-11-9-14(10-12-22)18(24)21-15-7-4-3-5-8-15/h3-5,7-8,14,16,20H,2,6,9-13H2,1H3,(H,21,24)(H,25,26). The van der Waals surface area contributed by atoms with Gasteiger partial charge in [-0.2, -0.15) is 0 Å². The molecule has 1 aromatic rings. The number of piperidine rings is 1. The zero-order chi connectivity index (χ0) is 18.9. The maximum absolute atomic E-state index is 12.3. The summed E-state index contributed by atoms with van der Waals surface area (Å²) in [6.45, 7) is 2.94. The fourth-order valence-electron chi connectivity index (χ4n) is 3.08. The minimum atomic E-state index is -0.934. The summed E-state index contributed by atoms with van der Waals surface area (Å²) in [5.41, 5.74) is 0.774. The van der Waals surface area contributed by atoms with Gasteiger partial charge in [-0.3, -0.25) is 19.7 Å². The van der Waals surface area contributed by atoms with E-state index in [9.17, 15) is 14.4 Å². The normalized spacial score (nSPS) is 16.1. The Morgan fingerprint density at radius 1 is 1.19 bits per heavy atom. The Bertz CT molecular complexity index is 612. The number of carbonyl (C=O) groups excluding carboxylic acids is 2. The van der Waals surface area contributed by atoms with Gasteiger partial charge in [-0.05, 0) is 31.4 Å². The second-order valence-corrected chi connectivity index (χ2v) is 6.57. The molecule has 1 heterocycles. The molecule has 1 fully saturated rings. The molecule has 7 nitrogen and oxygen atoms in total. The lowest BCUT2D eigenvalue weighted by Crippen LogP contribution is -2.47. The monoisotopic (exact) mass is 361 g/mol. The summed E-state index contributed by atoms with van der Waals surface area (Å²) < 4.78 is 0. The Morgan fingerprint density at radius 3 is 2.42 bits per heavy atom. The number of hydrogen-bond donors (Lipinski definition) is 3. The molecule has 1 aromatic carbocycles. The van der Waals surface area contributed by atoms with Crippen LogP contribution >= 0.6 is 0 Å². The van der Waals surface area contributed by atoms with Crippen molar-refractivity contribution < 1.29 is 19.5 Å². The molecule has 0 bridgehead atoms. The van der Waals surface area contributed by atoms with Gasteiger partial charge in [0, 0.05) is 24.7 Å². The average Bonchev–Trinajstić information content (AvgIpc) is 2.65. The van der Waals surface area contributed by atoms with E-state index in [0.717, 1.165) is 12.1 Å². The van der Waals surface area contributed by atoms with Crippen LogP contribution in [0.5, 0.6) is 0 Å². The SMILES string of the molecule is CCCC(NCC(=O)N1CCC(C(=O)Nc2ccccc2)CC1)C(=O)O. The highest BCUT2D eigenvalue weighted by atomic mass is 16.4. The van der Waals surface area contributed by atoms with Gasteiger partial charge < -0.3 is 15.3 Å². The van der Waals surface area contributed by atoms with Crippen LogP contribution in [0.25, 0.3) is 0 Å². The molecule has 7 heteroatoms. The number of carbonyl (C=O) groups is 3. The van der Waals surface area contributed by atoms with Crippen LogP contribution in [0.3, 0.4) is 0 Å². The second-order valence-electron chi connectivity index (χ2n) is 6.57. The molecule has 0 spiro atoms. The predicted molar refractivity (Wildman–Crippen MR) is 98.7 cm³/mol. The minimum Gasteiger partial charge on any atom is -0.480 e. The van der Waals surface area contributed by atoms with Crippen molar-refractivity contribution in [3.8, 4) is 0 Å². The number of para-hydroxylation sites is 1. The number of benzene rings is 1. The van der Waals surface area contributed by atoms with Crippen LogP contribution in [-0.4, -0.2) is 53.5 Å². The van der Waals surface area contributed by atoms with Crippen LogP contribution in [0.2, 0.25) is 0 Å². The van der Waals surface area contributed by atoms with Crippen molar-refractivity contribution in [2.24, 2.45) is 5.92 Å². The molecular weight excluding hydrogens is 334 g/mol. The number of likely N-dealkylation sites (tertiary alicyclic amines) is 1. The Labute approximate surface area is 153 Å². The third-order valence-corrected chi connectivity index (χ3v) is 4.63. The lowest BCUT2D eigenvalue weighted by Gasteiger charge is -2.31. The maximum Gasteiger partial charge on any atom is 0.320 e. The largest absolute Gasteiger partial charge is 0.480 e. The number of aliphatic carboxylic acids is 1. The van der Waals surface area contributed by atoms with Gasteiger partial charge in [0.15, 0.2) is 0 Å². The third kappa shape index (κ3) is 5.84. The summed E-state index contributed by atoms with van der Waals surface area (Å²) in [7, 11) is 0. The van der Waals surface area contributed by atoms with Crippen molar-refractivity contribution in [1.29, 1.82) is 0 Å². The first-order valence-corrected chi connectivity index (χ1v) is 9.11. The van der Waals surface area contributed by atoms with Crippen molar-refractivity contribution in [2.45, 2.75) is 38.6 Å². The molecule has 1 unspecified atom stereocenters. The lowest BCUT2D eigenvalue weighted by molar-refractivity contribution is -0.140. The summed E-state index contributed by atoms with van der Waals surface area (Å²) in [6.07, 6.45) is 2.45. The van der Waals surface area contributed by atoms with Gasteiger partial charge in [0.1, 0.15) is 6.04 Å². The van der Waals surface area contributed by atoms with Crippen molar-refractivity contribution in [3.63, 3.8) is 0 Å². The fourth-order valence-corrected chi connectivity index (χ4v) is 3.08. The topological polar surface area (TPSA) is 98.7 Å². The van der Waals surface area contributed by atoms with E-state index in [2.05, 4.69) is 10.6 Å². The smallest absolute Gasteiger partial charge is 0.320 e. The van der Waals surface area contributed by atoms with Crippen molar-refractivity contribution in [3.05, 3.63) is 30.3 Å². The zero-order valence-electron chi connectivity index (χ0n) is 15.1. The molecule has 2 amide bonds. The van der Waals surface area contributed by atoms with E-state index < -0.39 is 12.0 Å². The molecule has 2 rings (SSSR count). The van der Waals surface area contributed by atoms with E-state index in [1.54, 1.807) is 4.90 Å². The van der Waals surface area contributed by atoms with Gasteiger partial charge in [-0.25, -0.2) is 0 Å². The number of anilines is 1. The fraction of sp³-hybridized carbons (Fsp3) is 0.526. The van der Waals surface area contributed by atoms with Gasteiger partial charge in [-0.15, -0.1) is 0 Å². The molecule has 0 aliphatic carbocycles. The van der Waals surface area contributed by atoms with Crippen molar-refractivity contribution >= 4 is 23.5 Å². The average molecular weight is 361 g/mol. The Morgan fingerprint density at radius 2 is 1.85 bits per heavy atom. The number of hydrogen-bond acceptors (Lipinski definition) is 4. The molecule has 1 atom stereocenters. The highest BCUT2D eigenvalue weighted by Crippen LogP contribution is 2.19. The molecule has 3 N–H and O–H groups in total. The van der Waals surface area contributed by atoms with Crippen LogP contribution in [0, 0.1) is 5.92 Å². The number of nitrogens with one attached hydrogen (secondary N) is 2. The van der Waals surface area contributed by atoms with Gasteiger partial charge in [0.25, 0.3) is 0 Å². The summed E-state index contributed by atoms with van der Waals surface area (Å²) in [5, 5.41) is 14.8. The maximum atomic E-state index is 12.3. The summed E-state index contributed by atoms with van der Waals surface area (Å²) >= 11 is 0. The van der Waals surface area contributed by atoms with E-state index in [0.29, 0.717) is 32.4 Å². The molecule has 0 aromatic heterocycles. The van der Waals surface area contributed by atoms with Crippen LogP contribution in [0.15, 0.2) is 30.3 Å². The van der Waals surface area contributed by atoms with E-state index in [1.807, 2.05) is 37.3 Å². The van der Waals surface area contributed by atoms with Gasteiger partial charge in [-0.1, -0.05) is 31.5 Å². The second kappa shape index (κ2) is 9.91. The van der Waals surface area contributed by atoms with Crippen LogP contribution in [0.4, 0.5) is 5.69 Å². The Balaban J connectivity index is 1.75. The van der Waals surface area contributed by atoms with Crippen LogP contribution < -0.4 is 10.6 Å². The highest BCUT2D eigenvalue weighted by Gasteiger charge is 2.28. The Kier molecular flexibility index (Phi) is 7.59. The molecule has 0 radical (unpaired) electrons. The molecule has 1 aliphatic heterocycles. The Hall–Kier alpha value is -2.41. The number of nitrogens with zero attached hydrogens (tertiary/aromatic N) is 1. The number of rotatable bonds is 8. The summed E-state index contributed by atoms with van der Waals surface area (Å²) in [4.78, 5) is 37.4. The van der Waals surface area contributed by atoms with Gasteiger partial charge in [0.05, 0.1) is 6.54 Å². The van der Waals surface area contributed by atoms with Gasteiger partial charge >= 0.3 is 5.97 Å². The van der Waals surface area contributed by atoms with E-state index in [-0.39, 0.29) is 24.3 Å². The van der Waals surface area contributed by atoms with E-state index in [4.69, 9.17) is 5.11 Å². The molecule has 26 heavy (non-hydrogen) atoms. The molecule has 142 valence electrons. The van der Waals surface area contributed by atoms with Crippen LogP contribution in [-0.2, 0) is 14.4 Å². The van der Waals surface area contributed by atoms with Crippen molar-refractivity contribution in [1.82, 2.24) is 10.2 Å². The first-order valence-electron chi connectivity index (χ1n) is 9.11. The number of carboxylic acids is 1. The summed E-state index contributed by atoms with van der Waals surface area (Å²) in [6, 6.07) is 8.62. The lowest BCUT2D eigenvalue weighted by atomic mass is 9.95. The molecule has 1 saturated heterocycles. The highest BCUT2D eigenvalue weighted by molar-refractivity contribution is 5.92. The number of carboxylic acid groups (broad SMARTS) is 1. The number of amides is 2. The van der Waals surface area contributed by atoms with E-state index in [1.165, 1.54) is 0 Å². The molecule has 1 aliphatic rings. The van der Waals surface area contributed by atoms with Gasteiger partial charge in [0.2, 0.25) is 11.8 Å². The molecule has 0 saturated carbocycles. The molecular formula is C19H27N3O4.